The lowest BCUT2D eigenvalue weighted by Gasteiger charge is -2.36. The van der Waals surface area contributed by atoms with Gasteiger partial charge in [-0.1, -0.05) is 41.6 Å². The molecule has 1 fully saturated rings. The van der Waals surface area contributed by atoms with Crippen molar-refractivity contribution in [1.29, 1.82) is 0 Å². The van der Waals surface area contributed by atoms with Crippen LogP contribution in [0, 0.1) is 0 Å². The van der Waals surface area contributed by atoms with Crippen molar-refractivity contribution < 1.29 is 9.53 Å². The number of rotatable bonds is 8. The highest BCUT2D eigenvalue weighted by Crippen LogP contribution is 2.48. The number of piperazine rings is 1. The molecule has 2 aromatic carbocycles. The fourth-order valence-corrected chi connectivity index (χ4v) is 6.32. The molecule has 5 rings (SSSR count). The average molecular weight is 514 g/mol. The monoisotopic (exact) mass is 513 g/mol. The second kappa shape index (κ2) is 11.1. The van der Waals surface area contributed by atoms with E-state index in [0.717, 1.165) is 57.3 Å². The summed E-state index contributed by atoms with van der Waals surface area (Å²) in [5.74, 6) is -0.214. The molecule has 0 saturated carbocycles. The number of fused-ring (bicyclic) bond motifs is 2. The number of halogens is 1. The molecule has 2 aliphatic heterocycles. The van der Waals surface area contributed by atoms with Gasteiger partial charge in [-0.2, -0.15) is 0 Å². The Labute approximate surface area is 214 Å². The fraction of sp³-hybridized carbons (Fsp3) is 0.346. The van der Waals surface area contributed by atoms with Crippen LogP contribution in [0.1, 0.15) is 16.1 Å². The van der Waals surface area contributed by atoms with Crippen LogP contribution in [0.15, 0.2) is 69.8 Å². The number of para-hydroxylation sites is 1. The first-order chi connectivity index (χ1) is 16.7. The van der Waals surface area contributed by atoms with Crippen LogP contribution in [0.4, 0.5) is 11.4 Å². The first kappa shape index (κ1) is 23.7. The highest BCUT2D eigenvalue weighted by Gasteiger charge is 2.24. The number of ether oxygens (including phenoxy) is 1. The Bertz CT molecular complexity index is 1120. The van der Waals surface area contributed by atoms with Gasteiger partial charge in [0.25, 0.3) is 0 Å². The maximum atomic E-state index is 12.0. The van der Waals surface area contributed by atoms with E-state index in [0.29, 0.717) is 11.5 Å². The first-order valence-electron chi connectivity index (χ1n) is 11.7. The number of hydrogen-bond donors (Lipinski definition) is 0. The molecule has 1 saturated heterocycles. The predicted molar refractivity (Wildman–Crippen MR) is 141 cm³/mol. The topological polar surface area (TPSA) is 36.0 Å². The first-order valence-corrected chi connectivity index (χ1v) is 13.7. The molecule has 3 aromatic rings. The van der Waals surface area contributed by atoms with E-state index >= 15 is 0 Å². The second-order valence-electron chi connectivity index (χ2n) is 8.48. The van der Waals surface area contributed by atoms with E-state index in [4.69, 9.17) is 16.3 Å². The zero-order valence-electron chi connectivity index (χ0n) is 19.0. The highest BCUT2D eigenvalue weighted by molar-refractivity contribution is 7.99. The third-order valence-electron chi connectivity index (χ3n) is 6.27. The molecule has 0 radical (unpaired) electrons. The summed E-state index contributed by atoms with van der Waals surface area (Å²) in [6.07, 6.45) is 1.09. The molecule has 178 valence electrons. The number of carbonyl (C=O) groups is 1. The number of esters is 1. The Hall–Kier alpha value is -2.03. The van der Waals surface area contributed by atoms with Crippen molar-refractivity contribution in [2.45, 2.75) is 16.2 Å². The molecule has 0 N–H and O–H groups in total. The van der Waals surface area contributed by atoms with Crippen LogP contribution >= 0.6 is 34.7 Å². The van der Waals surface area contributed by atoms with Crippen molar-refractivity contribution in [3.8, 4) is 0 Å². The van der Waals surface area contributed by atoms with E-state index in [1.807, 2.05) is 29.3 Å². The third-order valence-corrected chi connectivity index (χ3v) is 8.49. The van der Waals surface area contributed by atoms with Gasteiger partial charge in [-0.25, -0.2) is 4.79 Å². The zero-order valence-corrected chi connectivity index (χ0v) is 21.4. The van der Waals surface area contributed by atoms with Crippen LogP contribution in [0.25, 0.3) is 0 Å². The molecule has 2 aliphatic rings. The van der Waals surface area contributed by atoms with E-state index in [-0.39, 0.29) is 5.97 Å². The number of benzene rings is 2. The van der Waals surface area contributed by atoms with Gasteiger partial charge < -0.3 is 14.5 Å². The number of carbonyl (C=O) groups excluding carboxylic acids is 1. The van der Waals surface area contributed by atoms with Crippen molar-refractivity contribution in [3.63, 3.8) is 0 Å². The quantitative estimate of drug-likeness (QED) is 0.351. The minimum atomic E-state index is -0.214. The Morgan fingerprint density at radius 2 is 1.65 bits per heavy atom. The lowest BCUT2D eigenvalue weighted by molar-refractivity contribution is 0.0428. The van der Waals surface area contributed by atoms with Gasteiger partial charge in [0.1, 0.15) is 11.5 Å². The molecule has 8 heteroatoms. The van der Waals surface area contributed by atoms with Crippen LogP contribution < -0.4 is 4.90 Å². The van der Waals surface area contributed by atoms with Crippen molar-refractivity contribution >= 4 is 52.0 Å². The van der Waals surface area contributed by atoms with Gasteiger partial charge in [0, 0.05) is 54.1 Å². The molecule has 0 aliphatic carbocycles. The van der Waals surface area contributed by atoms with E-state index in [2.05, 4.69) is 51.1 Å². The number of anilines is 2. The van der Waals surface area contributed by atoms with Crippen LogP contribution in [0.2, 0.25) is 5.02 Å². The summed E-state index contributed by atoms with van der Waals surface area (Å²) in [5, 5.41) is 2.67. The maximum absolute atomic E-state index is 12.0. The van der Waals surface area contributed by atoms with Gasteiger partial charge in [0.2, 0.25) is 0 Å². The summed E-state index contributed by atoms with van der Waals surface area (Å²) in [4.78, 5) is 22.5. The fourth-order valence-electron chi connectivity index (χ4n) is 4.47. The largest absolute Gasteiger partial charge is 0.460 e. The normalized spacial score (nSPS) is 16.2. The minimum Gasteiger partial charge on any atom is -0.460 e. The molecular formula is C26H28ClN3O2S2. The molecule has 0 unspecified atom stereocenters. The van der Waals surface area contributed by atoms with Gasteiger partial charge in [0.05, 0.1) is 11.4 Å². The molecule has 0 amide bonds. The molecule has 34 heavy (non-hydrogen) atoms. The molecular weight excluding hydrogens is 486 g/mol. The van der Waals surface area contributed by atoms with Crippen molar-refractivity contribution in [3.05, 3.63) is 69.9 Å². The Morgan fingerprint density at radius 3 is 2.44 bits per heavy atom. The van der Waals surface area contributed by atoms with Gasteiger partial charge >= 0.3 is 5.97 Å². The number of hydrogen-bond acceptors (Lipinski definition) is 7. The molecule has 5 nitrogen and oxygen atoms in total. The maximum Gasteiger partial charge on any atom is 0.348 e. The van der Waals surface area contributed by atoms with Crippen LogP contribution in [0.5, 0.6) is 0 Å². The smallest absolute Gasteiger partial charge is 0.348 e. The Balaban J connectivity index is 1.08. The summed E-state index contributed by atoms with van der Waals surface area (Å²) in [6.45, 7) is 7.40. The van der Waals surface area contributed by atoms with Gasteiger partial charge in [0.15, 0.2) is 0 Å². The molecule has 0 bridgehead atoms. The van der Waals surface area contributed by atoms with E-state index in [9.17, 15) is 4.79 Å². The van der Waals surface area contributed by atoms with E-state index in [1.54, 1.807) is 6.07 Å². The summed E-state index contributed by atoms with van der Waals surface area (Å²) in [5.41, 5.74) is 2.47. The van der Waals surface area contributed by atoms with Gasteiger partial charge in [-0.3, -0.25) is 4.90 Å². The van der Waals surface area contributed by atoms with E-state index < -0.39 is 0 Å². The SMILES string of the molecule is O=C(OCCN1CCN(CCCN2c3ccccc3Sc3ccc(Cl)cc32)CC1)c1cccs1. The Kier molecular flexibility index (Phi) is 7.77. The minimum absolute atomic E-state index is 0.214. The van der Waals surface area contributed by atoms with E-state index in [1.165, 1.54) is 32.5 Å². The molecule has 0 atom stereocenters. The van der Waals surface area contributed by atoms with Crippen molar-refractivity contribution in [1.82, 2.24) is 9.80 Å². The molecule has 1 aromatic heterocycles. The number of thiophene rings is 1. The molecule has 0 spiro atoms. The summed E-state index contributed by atoms with van der Waals surface area (Å²) >= 11 is 9.58. The van der Waals surface area contributed by atoms with Crippen molar-refractivity contribution in [2.75, 3.05) is 57.3 Å². The van der Waals surface area contributed by atoms with Crippen LogP contribution in [-0.2, 0) is 4.74 Å². The van der Waals surface area contributed by atoms with Crippen molar-refractivity contribution in [2.24, 2.45) is 0 Å². The van der Waals surface area contributed by atoms with Gasteiger partial charge in [-0.15, -0.1) is 11.3 Å². The average Bonchev–Trinajstić information content (AvgIpc) is 3.40. The Morgan fingerprint density at radius 1 is 0.882 bits per heavy atom. The lowest BCUT2D eigenvalue weighted by Crippen LogP contribution is -2.47. The van der Waals surface area contributed by atoms with Crippen LogP contribution in [-0.4, -0.2) is 68.2 Å². The zero-order chi connectivity index (χ0) is 23.3. The van der Waals surface area contributed by atoms with Crippen LogP contribution in [0.3, 0.4) is 0 Å². The highest BCUT2D eigenvalue weighted by atomic mass is 35.5. The second-order valence-corrected chi connectivity index (χ2v) is 11.0. The summed E-state index contributed by atoms with van der Waals surface area (Å²) in [6, 6.07) is 18.5. The predicted octanol–water partition coefficient (Wildman–Crippen LogP) is 5.87. The standard InChI is InChI=1S/C26H28ClN3O2S2/c27-20-8-9-24-22(19-20)30(21-5-1-2-6-23(21)34-24)11-4-10-28-12-14-29(15-13-28)16-17-32-26(31)25-7-3-18-33-25/h1-3,5-9,18-19H,4,10-17H2. The lowest BCUT2D eigenvalue weighted by atomic mass is 10.2. The summed E-state index contributed by atoms with van der Waals surface area (Å²) in [7, 11) is 0. The number of nitrogens with zero attached hydrogens (tertiary/aromatic N) is 3. The third kappa shape index (κ3) is 5.61. The molecule has 3 heterocycles. The summed E-state index contributed by atoms with van der Waals surface area (Å²) < 4.78 is 5.41. The van der Waals surface area contributed by atoms with Gasteiger partial charge in [-0.05, 0) is 54.7 Å².